The second-order valence-corrected chi connectivity index (χ2v) is 6.38. The molecule has 2 rings (SSSR count). The lowest BCUT2D eigenvalue weighted by Crippen LogP contribution is -2.34. The second-order valence-electron chi connectivity index (χ2n) is 4.77. The predicted octanol–water partition coefficient (Wildman–Crippen LogP) is 3.62. The van der Waals surface area contributed by atoms with Gasteiger partial charge in [0.05, 0.1) is 21.8 Å². The van der Waals surface area contributed by atoms with E-state index < -0.39 is 6.10 Å². The number of hydrogen-bond acceptors (Lipinski definition) is 3. The first-order chi connectivity index (χ1) is 9.08. The Morgan fingerprint density at radius 3 is 2.63 bits per heavy atom. The molecular formula is C13H17BrCl2N2O. The van der Waals surface area contributed by atoms with E-state index >= 15 is 0 Å². The van der Waals surface area contributed by atoms with Gasteiger partial charge in [0.25, 0.3) is 0 Å². The van der Waals surface area contributed by atoms with Crippen LogP contribution in [0.5, 0.6) is 0 Å². The molecule has 1 heterocycles. The quantitative estimate of drug-likeness (QED) is 0.780. The van der Waals surface area contributed by atoms with E-state index in [1.165, 1.54) is 12.8 Å². The van der Waals surface area contributed by atoms with Gasteiger partial charge in [0.1, 0.15) is 0 Å². The number of β-amino-alcohol motifs (C(OH)–C–C–N with tert-alkyl or cyclic N) is 1. The summed E-state index contributed by atoms with van der Waals surface area (Å²) in [7, 11) is 0. The minimum Gasteiger partial charge on any atom is -0.390 e. The molecule has 1 atom stereocenters. The Hall–Kier alpha value is -0.0000000000000000763. The molecule has 19 heavy (non-hydrogen) atoms. The standard InChI is InChI=1S/C13H17BrCl2N2O/c14-10-3-4-11(13(16)12(10)15)17-7-9(19)8-18-5-1-2-6-18/h3-4,9,17,19H,1-2,5-8H2. The first kappa shape index (κ1) is 15.4. The van der Waals surface area contributed by atoms with E-state index in [9.17, 15) is 5.11 Å². The number of aliphatic hydroxyl groups is 1. The molecule has 1 aromatic rings. The van der Waals surface area contributed by atoms with Gasteiger partial charge in [-0.2, -0.15) is 0 Å². The van der Waals surface area contributed by atoms with Crippen molar-refractivity contribution < 1.29 is 5.11 Å². The Morgan fingerprint density at radius 2 is 1.95 bits per heavy atom. The van der Waals surface area contributed by atoms with E-state index in [1.54, 1.807) is 0 Å². The maximum atomic E-state index is 10.00. The molecule has 0 radical (unpaired) electrons. The van der Waals surface area contributed by atoms with Crippen LogP contribution >= 0.6 is 39.1 Å². The molecular weight excluding hydrogens is 351 g/mol. The first-order valence-corrected chi connectivity index (χ1v) is 7.90. The summed E-state index contributed by atoms with van der Waals surface area (Å²) in [5.41, 5.74) is 0.746. The van der Waals surface area contributed by atoms with Crippen LogP contribution in [0, 0.1) is 0 Å². The van der Waals surface area contributed by atoms with Crippen molar-refractivity contribution >= 4 is 44.8 Å². The summed E-state index contributed by atoms with van der Waals surface area (Å²) in [4.78, 5) is 2.28. The Kier molecular flexibility index (Phi) is 5.78. The number of aliphatic hydroxyl groups excluding tert-OH is 1. The Labute approximate surface area is 132 Å². The van der Waals surface area contributed by atoms with E-state index in [2.05, 4.69) is 26.1 Å². The number of nitrogens with zero attached hydrogens (tertiary/aromatic N) is 1. The van der Waals surface area contributed by atoms with Gasteiger partial charge in [0.15, 0.2) is 0 Å². The van der Waals surface area contributed by atoms with Gasteiger partial charge in [0.2, 0.25) is 0 Å². The molecule has 1 saturated heterocycles. The van der Waals surface area contributed by atoms with Gasteiger partial charge >= 0.3 is 0 Å². The highest BCUT2D eigenvalue weighted by atomic mass is 79.9. The van der Waals surface area contributed by atoms with Gasteiger partial charge in [0, 0.05) is 17.6 Å². The normalized spacial score (nSPS) is 17.7. The van der Waals surface area contributed by atoms with Crippen molar-refractivity contribution in [2.24, 2.45) is 0 Å². The van der Waals surface area contributed by atoms with Crippen LogP contribution < -0.4 is 5.32 Å². The summed E-state index contributed by atoms with van der Waals surface area (Å²) in [5, 5.41) is 14.1. The molecule has 0 bridgehead atoms. The van der Waals surface area contributed by atoms with E-state index in [0.717, 1.165) is 23.2 Å². The van der Waals surface area contributed by atoms with Crippen molar-refractivity contribution in [3.8, 4) is 0 Å². The summed E-state index contributed by atoms with van der Waals surface area (Å²) in [6, 6.07) is 3.68. The molecule has 3 nitrogen and oxygen atoms in total. The van der Waals surface area contributed by atoms with Crippen LogP contribution in [0.2, 0.25) is 10.0 Å². The maximum Gasteiger partial charge on any atom is 0.0839 e. The molecule has 1 aromatic carbocycles. The fourth-order valence-corrected chi connectivity index (χ4v) is 3.06. The van der Waals surface area contributed by atoms with Gasteiger partial charge in [-0.05, 0) is 54.0 Å². The zero-order chi connectivity index (χ0) is 13.8. The van der Waals surface area contributed by atoms with E-state index in [4.69, 9.17) is 23.2 Å². The van der Waals surface area contributed by atoms with Gasteiger partial charge in [-0.3, -0.25) is 0 Å². The molecule has 2 N–H and O–H groups in total. The lowest BCUT2D eigenvalue weighted by molar-refractivity contribution is 0.135. The highest BCUT2D eigenvalue weighted by Gasteiger charge is 2.16. The lowest BCUT2D eigenvalue weighted by atomic mass is 10.3. The summed E-state index contributed by atoms with van der Waals surface area (Å²) in [6.07, 6.45) is 2.05. The molecule has 0 spiro atoms. The number of hydrogen-bond donors (Lipinski definition) is 2. The molecule has 0 amide bonds. The highest BCUT2D eigenvalue weighted by molar-refractivity contribution is 9.10. The zero-order valence-electron chi connectivity index (χ0n) is 10.5. The third-order valence-electron chi connectivity index (χ3n) is 3.23. The van der Waals surface area contributed by atoms with E-state index in [1.807, 2.05) is 12.1 Å². The molecule has 0 saturated carbocycles. The topological polar surface area (TPSA) is 35.5 Å². The molecule has 1 aliphatic rings. The third-order valence-corrected chi connectivity index (χ3v) is 5.00. The van der Waals surface area contributed by atoms with Gasteiger partial charge in [-0.1, -0.05) is 23.2 Å². The SMILES string of the molecule is OC(CNc1ccc(Br)c(Cl)c1Cl)CN1CCCC1. The van der Waals surface area contributed by atoms with Crippen LogP contribution in [-0.4, -0.2) is 42.3 Å². The fraction of sp³-hybridized carbons (Fsp3) is 0.538. The van der Waals surface area contributed by atoms with Crippen LogP contribution in [0.3, 0.4) is 0 Å². The van der Waals surface area contributed by atoms with Crippen molar-refractivity contribution in [3.05, 3.63) is 26.7 Å². The van der Waals surface area contributed by atoms with Crippen LogP contribution in [0.1, 0.15) is 12.8 Å². The third kappa shape index (κ3) is 4.23. The number of anilines is 1. The van der Waals surface area contributed by atoms with Crippen LogP contribution in [0.25, 0.3) is 0 Å². The summed E-state index contributed by atoms with van der Waals surface area (Å²) < 4.78 is 0.766. The molecule has 6 heteroatoms. The molecule has 1 fully saturated rings. The van der Waals surface area contributed by atoms with Crippen molar-refractivity contribution in [2.45, 2.75) is 18.9 Å². The molecule has 0 aliphatic carbocycles. The van der Waals surface area contributed by atoms with Crippen LogP contribution in [0.15, 0.2) is 16.6 Å². The summed E-state index contributed by atoms with van der Waals surface area (Å²) in [5.74, 6) is 0. The van der Waals surface area contributed by atoms with Crippen LogP contribution in [-0.2, 0) is 0 Å². The predicted molar refractivity (Wildman–Crippen MR) is 84.3 cm³/mol. The molecule has 106 valence electrons. The largest absolute Gasteiger partial charge is 0.390 e. The number of nitrogens with one attached hydrogen (secondary N) is 1. The minimum absolute atomic E-state index is 0.406. The van der Waals surface area contributed by atoms with Crippen molar-refractivity contribution in [1.29, 1.82) is 0 Å². The fourth-order valence-electron chi connectivity index (χ4n) is 2.22. The first-order valence-electron chi connectivity index (χ1n) is 6.35. The second kappa shape index (κ2) is 7.14. The summed E-state index contributed by atoms with van der Waals surface area (Å²) >= 11 is 15.5. The number of benzene rings is 1. The van der Waals surface area contributed by atoms with E-state index in [-0.39, 0.29) is 0 Å². The number of rotatable bonds is 5. The zero-order valence-corrected chi connectivity index (χ0v) is 13.6. The smallest absolute Gasteiger partial charge is 0.0839 e. The number of halogens is 3. The van der Waals surface area contributed by atoms with E-state index in [0.29, 0.717) is 23.1 Å². The van der Waals surface area contributed by atoms with Gasteiger partial charge in [-0.25, -0.2) is 0 Å². The highest BCUT2D eigenvalue weighted by Crippen LogP contribution is 2.35. The Morgan fingerprint density at radius 1 is 1.26 bits per heavy atom. The molecule has 1 aliphatic heterocycles. The molecule has 0 aromatic heterocycles. The van der Waals surface area contributed by atoms with Crippen molar-refractivity contribution in [1.82, 2.24) is 4.90 Å². The van der Waals surface area contributed by atoms with Crippen LogP contribution in [0.4, 0.5) is 5.69 Å². The molecule has 1 unspecified atom stereocenters. The van der Waals surface area contributed by atoms with Crippen molar-refractivity contribution in [3.63, 3.8) is 0 Å². The monoisotopic (exact) mass is 366 g/mol. The van der Waals surface area contributed by atoms with Crippen molar-refractivity contribution in [2.75, 3.05) is 31.5 Å². The summed E-state index contributed by atoms with van der Waals surface area (Å²) in [6.45, 7) is 3.34. The van der Waals surface area contributed by atoms with Gasteiger partial charge in [-0.15, -0.1) is 0 Å². The lowest BCUT2D eigenvalue weighted by Gasteiger charge is -2.20. The van der Waals surface area contributed by atoms with Gasteiger partial charge < -0.3 is 15.3 Å². The number of likely N-dealkylation sites (tertiary alicyclic amines) is 1. The average molecular weight is 368 g/mol. The Bertz CT molecular complexity index is 439. The Balaban J connectivity index is 1.86. The average Bonchev–Trinajstić information content (AvgIpc) is 2.88. The maximum absolute atomic E-state index is 10.00. The minimum atomic E-state index is -0.406.